The Bertz CT molecular complexity index is 730. The summed E-state index contributed by atoms with van der Waals surface area (Å²) in [5.41, 5.74) is 2.46. The van der Waals surface area contributed by atoms with Crippen molar-refractivity contribution in [3.05, 3.63) is 65.7 Å². The number of ketones is 1. The summed E-state index contributed by atoms with van der Waals surface area (Å²) in [4.78, 5) is 27.0. The smallest absolute Gasteiger partial charge is 0.242 e. The highest BCUT2D eigenvalue weighted by Crippen LogP contribution is 2.29. The number of piperazine rings is 1. The van der Waals surface area contributed by atoms with Crippen LogP contribution in [-0.4, -0.2) is 43.3 Å². The van der Waals surface area contributed by atoms with Crippen LogP contribution in [0, 0.1) is 0 Å². The van der Waals surface area contributed by atoms with Gasteiger partial charge in [0.05, 0.1) is 6.54 Å². The van der Waals surface area contributed by atoms with Crippen molar-refractivity contribution >= 4 is 17.4 Å². The number of benzene rings is 2. The van der Waals surface area contributed by atoms with Gasteiger partial charge in [0.2, 0.25) is 5.91 Å². The fourth-order valence-corrected chi connectivity index (χ4v) is 3.09. The van der Waals surface area contributed by atoms with Crippen LogP contribution in [0.25, 0.3) is 0 Å². The van der Waals surface area contributed by atoms with Crippen molar-refractivity contribution in [2.45, 2.75) is 6.04 Å². The standard InChI is InChI=1S/C19H21N3O2/c1-20-16-10-6-5-9-15(16)18-19(24)21-11-12-22(18)13-17(23)14-7-3-2-4-8-14/h2-10,18,20H,11-13H2,1H3,(H,21,24). The molecule has 0 radical (unpaired) electrons. The van der Waals surface area contributed by atoms with Gasteiger partial charge < -0.3 is 10.6 Å². The molecule has 1 atom stereocenters. The van der Waals surface area contributed by atoms with Crippen LogP contribution in [0.4, 0.5) is 5.69 Å². The molecule has 5 nitrogen and oxygen atoms in total. The lowest BCUT2D eigenvalue weighted by Crippen LogP contribution is -2.51. The topological polar surface area (TPSA) is 61.4 Å². The van der Waals surface area contributed by atoms with Gasteiger partial charge in [0.25, 0.3) is 0 Å². The maximum absolute atomic E-state index is 12.6. The molecule has 124 valence electrons. The number of carbonyl (C=O) groups excluding carboxylic acids is 2. The minimum absolute atomic E-state index is 0.0252. The van der Waals surface area contributed by atoms with E-state index in [0.29, 0.717) is 18.7 Å². The molecule has 1 fully saturated rings. The molecule has 1 amide bonds. The van der Waals surface area contributed by atoms with Gasteiger partial charge in [-0.05, 0) is 6.07 Å². The molecule has 1 aliphatic heterocycles. The molecule has 0 aromatic heterocycles. The molecule has 0 aliphatic carbocycles. The molecule has 1 heterocycles. The molecule has 5 heteroatoms. The third kappa shape index (κ3) is 3.31. The Balaban J connectivity index is 1.87. The molecule has 0 saturated carbocycles. The zero-order chi connectivity index (χ0) is 16.9. The lowest BCUT2D eigenvalue weighted by Gasteiger charge is -2.35. The molecule has 2 aromatic rings. The van der Waals surface area contributed by atoms with Gasteiger partial charge in [-0.1, -0.05) is 48.5 Å². The summed E-state index contributed by atoms with van der Waals surface area (Å²) in [5, 5.41) is 6.03. The number of rotatable bonds is 5. The van der Waals surface area contributed by atoms with Crippen molar-refractivity contribution in [1.29, 1.82) is 0 Å². The van der Waals surface area contributed by atoms with Crippen LogP contribution in [0.5, 0.6) is 0 Å². The first-order valence-corrected chi connectivity index (χ1v) is 8.07. The maximum atomic E-state index is 12.6. The number of amides is 1. The molecule has 3 rings (SSSR count). The van der Waals surface area contributed by atoms with Crippen molar-refractivity contribution < 1.29 is 9.59 Å². The number of para-hydroxylation sites is 1. The van der Waals surface area contributed by atoms with Crippen LogP contribution < -0.4 is 10.6 Å². The molecule has 1 saturated heterocycles. The molecule has 2 N–H and O–H groups in total. The second kappa shape index (κ2) is 7.27. The Kier molecular flexibility index (Phi) is 4.91. The highest BCUT2D eigenvalue weighted by Gasteiger charge is 2.33. The van der Waals surface area contributed by atoms with Gasteiger partial charge in [-0.15, -0.1) is 0 Å². The van der Waals surface area contributed by atoms with Crippen LogP contribution in [0.15, 0.2) is 54.6 Å². The zero-order valence-corrected chi connectivity index (χ0v) is 13.7. The fraction of sp³-hybridized carbons (Fsp3) is 0.263. The van der Waals surface area contributed by atoms with E-state index in [1.807, 2.05) is 66.5 Å². The van der Waals surface area contributed by atoms with Crippen LogP contribution in [0.1, 0.15) is 22.0 Å². The minimum atomic E-state index is -0.463. The molecular formula is C19H21N3O2. The Labute approximate surface area is 141 Å². The second-order valence-corrected chi connectivity index (χ2v) is 5.79. The van der Waals surface area contributed by atoms with Crippen molar-refractivity contribution in [2.75, 3.05) is 32.0 Å². The first-order chi connectivity index (χ1) is 11.7. The van der Waals surface area contributed by atoms with E-state index in [1.165, 1.54) is 0 Å². The van der Waals surface area contributed by atoms with Crippen molar-refractivity contribution in [3.63, 3.8) is 0 Å². The quantitative estimate of drug-likeness (QED) is 0.827. The highest BCUT2D eigenvalue weighted by molar-refractivity contribution is 5.98. The summed E-state index contributed by atoms with van der Waals surface area (Å²) in [6.45, 7) is 1.42. The average molecular weight is 323 g/mol. The third-order valence-corrected chi connectivity index (χ3v) is 4.28. The van der Waals surface area contributed by atoms with E-state index in [4.69, 9.17) is 0 Å². The number of Topliss-reactive ketones (excluding diaryl/α,β-unsaturated/α-hetero) is 1. The van der Waals surface area contributed by atoms with Gasteiger partial charge in [-0.3, -0.25) is 14.5 Å². The third-order valence-electron chi connectivity index (χ3n) is 4.28. The van der Waals surface area contributed by atoms with Crippen LogP contribution >= 0.6 is 0 Å². The fourth-order valence-electron chi connectivity index (χ4n) is 3.09. The monoisotopic (exact) mass is 323 g/mol. The molecular weight excluding hydrogens is 302 g/mol. The molecule has 1 unspecified atom stereocenters. The van der Waals surface area contributed by atoms with E-state index < -0.39 is 6.04 Å². The Morgan fingerprint density at radius 3 is 2.62 bits per heavy atom. The number of nitrogens with zero attached hydrogens (tertiary/aromatic N) is 1. The Morgan fingerprint density at radius 1 is 1.17 bits per heavy atom. The van der Waals surface area contributed by atoms with Crippen LogP contribution in [-0.2, 0) is 4.79 Å². The summed E-state index contributed by atoms with van der Waals surface area (Å²) in [7, 11) is 1.83. The molecule has 0 bridgehead atoms. The minimum Gasteiger partial charge on any atom is -0.388 e. The van der Waals surface area contributed by atoms with Crippen molar-refractivity contribution in [2.24, 2.45) is 0 Å². The van der Waals surface area contributed by atoms with Gasteiger partial charge >= 0.3 is 0 Å². The SMILES string of the molecule is CNc1ccccc1C1C(=O)NCCN1CC(=O)c1ccccc1. The summed E-state index contributed by atoms with van der Waals surface area (Å²) in [5.74, 6) is -0.0398. The van der Waals surface area contributed by atoms with E-state index in [-0.39, 0.29) is 18.2 Å². The molecule has 1 aliphatic rings. The molecule has 24 heavy (non-hydrogen) atoms. The summed E-state index contributed by atoms with van der Waals surface area (Å²) < 4.78 is 0. The van der Waals surface area contributed by atoms with Crippen molar-refractivity contribution in [1.82, 2.24) is 10.2 Å². The number of hydrogen-bond donors (Lipinski definition) is 2. The van der Waals surface area contributed by atoms with Gasteiger partial charge in [-0.2, -0.15) is 0 Å². The first kappa shape index (κ1) is 16.2. The predicted molar refractivity (Wildman–Crippen MR) is 94.1 cm³/mol. The number of carbonyl (C=O) groups is 2. The Morgan fingerprint density at radius 2 is 1.88 bits per heavy atom. The summed E-state index contributed by atoms with van der Waals surface area (Å²) in [6, 6.07) is 16.5. The van der Waals surface area contributed by atoms with E-state index in [2.05, 4.69) is 10.6 Å². The lowest BCUT2D eigenvalue weighted by atomic mass is 9.99. The second-order valence-electron chi connectivity index (χ2n) is 5.79. The van der Waals surface area contributed by atoms with Gasteiger partial charge in [0.1, 0.15) is 6.04 Å². The first-order valence-electron chi connectivity index (χ1n) is 8.07. The lowest BCUT2D eigenvalue weighted by molar-refractivity contribution is -0.128. The van der Waals surface area contributed by atoms with Crippen LogP contribution in [0.3, 0.4) is 0 Å². The molecule has 0 spiro atoms. The van der Waals surface area contributed by atoms with E-state index in [1.54, 1.807) is 0 Å². The predicted octanol–water partition coefficient (Wildman–Crippen LogP) is 2.08. The van der Waals surface area contributed by atoms with E-state index in [9.17, 15) is 9.59 Å². The highest BCUT2D eigenvalue weighted by atomic mass is 16.2. The van der Waals surface area contributed by atoms with Crippen molar-refractivity contribution in [3.8, 4) is 0 Å². The zero-order valence-electron chi connectivity index (χ0n) is 13.7. The summed E-state index contributed by atoms with van der Waals surface area (Å²) in [6.07, 6.45) is 0. The largest absolute Gasteiger partial charge is 0.388 e. The van der Waals surface area contributed by atoms with Gasteiger partial charge in [-0.25, -0.2) is 0 Å². The molecule has 2 aromatic carbocycles. The van der Waals surface area contributed by atoms with E-state index in [0.717, 1.165) is 11.3 Å². The van der Waals surface area contributed by atoms with Gasteiger partial charge in [0, 0.05) is 37.0 Å². The van der Waals surface area contributed by atoms with E-state index >= 15 is 0 Å². The number of hydrogen-bond acceptors (Lipinski definition) is 4. The van der Waals surface area contributed by atoms with Crippen LogP contribution in [0.2, 0.25) is 0 Å². The number of nitrogens with one attached hydrogen (secondary N) is 2. The summed E-state index contributed by atoms with van der Waals surface area (Å²) >= 11 is 0. The average Bonchev–Trinajstić information content (AvgIpc) is 2.62. The maximum Gasteiger partial charge on any atom is 0.242 e. The number of anilines is 1. The normalized spacial score (nSPS) is 18.0. The Hall–Kier alpha value is -2.66. The van der Waals surface area contributed by atoms with Gasteiger partial charge in [0.15, 0.2) is 5.78 Å².